The van der Waals surface area contributed by atoms with Crippen LogP contribution in [0.4, 0.5) is 11.5 Å². The van der Waals surface area contributed by atoms with Crippen molar-refractivity contribution in [1.82, 2.24) is 9.97 Å². The first-order valence-corrected chi connectivity index (χ1v) is 9.43. The van der Waals surface area contributed by atoms with Gasteiger partial charge in [-0.05, 0) is 48.0 Å². The summed E-state index contributed by atoms with van der Waals surface area (Å²) in [5.74, 6) is 0.931. The molecule has 4 aromatic rings. The van der Waals surface area contributed by atoms with E-state index in [1.165, 1.54) is 6.33 Å². The van der Waals surface area contributed by atoms with Crippen LogP contribution in [0, 0.1) is 0 Å². The number of aromatic nitrogens is 2. The summed E-state index contributed by atoms with van der Waals surface area (Å²) in [7, 11) is 0. The maximum atomic E-state index is 11.4. The number of ether oxygens (including phenoxy) is 1. The number of benzene rings is 3. The number of nitrogens with two attached hydrogens (primary N) is 1. The van der Waals surface area contributed by atoms with Gasteiger partial charge in [0.25, 0.3) is 0 Å². The Balaban J connectivity index is 1.45. The van der Waals surface area contributed by atoms with Crippen molar-refractivity contribution in [1.29, 1.82) is 0 Å². The molecule has 0 saturated carbocycles. The van der Waals surface area contributed by atoms with E-state index in [-0.39, 0.29) is 0 Å². The van der Waals surface area contributed by atoms with Crippen LogP contribution in [-0.4, -0.2) is 15.9 Å². The quantitative estimate of drug-likeness (QED) is 0.478. The van der Waals surface area contributed by atoms with Crippen LogP contribution in [0.2, 0.25) is 0 Å². The molecule has 0 atom stereocenters. The van der Waals surface area contributed by atoms with Gasteiger partial charge in [-0.2, -0.15) is 0 Å². The molecule has 0 unspecified atom stereocenters. The van der Waals surface area contributed by atoms with Crippen molar-refractivity contribution in [2.24, 2.45) is 5.73 Å². The predicted octanol–water partition coefficient (Wildman–Crippen LogP) is 4.57. The zero-order valence-electron chi connectivity index (χ0n) is 16.2. The monoisotopic (exact) mass is 396 g/mol. The summed E-state index contributed by atoms with van der Waals surface area (Å²) in [4.78, 5) is 20.0. The average molecular weight is 396 g/mol. The van der Waals surface area contributed by atoms with Crippen molar-refractivity contribution in [2.75, 3.05) is 5.32 Å². The molecule has 0 spiro atoms. The normalized spacial score (nSPS) is 10.4. The van der Waals surface area contributed by atoms with E-state index in [1.54, 1.807) is 18.2 Å². The molecule has 0 radical (unpaired) electrons. The summed E-state index contributed by atoms with van der Waals surface area (Å²) < 4.78 is 5.83. The minimum atomic E-state index is -0.475. The Morgan fingerprint density at radius 1 is 0.900 bits per heavy atom. The van der Waals surface area contributed by atoms with Crippen LogP contribution < -0.4 is 15.8 Å². The molecular weight excluding hydrogens is 376 g/mol. The molecule has 148 valence electrons. The highest BCUT2D eigenvalue weighted by atomic mass is 16.5. The molecule has 0 aliphatic rings. The number of rotatable bonds is 7. The molecular formula is C24H20N4O2. The molecule has 0 bridgehead atoms. The van der Waals surface area contributed by atoms with Gasteiger partial charge in [0.15, 0.2) is 0 Å². The molecule has 0 fully saturated rings. The van der Waals surface area contributed by atoms with Gasteiger partial charge >= 0.3 is 0 Å². The van der Waals surface area contributed by atoms with Gasteiger partial charge in [0.05, 0.1) is 5.69 Å². The van der Waals surface area contributed by atoms with E-state index in [0.717, 1.165) is 28.3 Å². The lowest BCUT2D eigenvalue weighted by molar-refractivity contribution is 0.100. The fraction of sp³-hybridized carbons (Fsp3) is 0.0417. The third-order valence-electron chi connectivity index (χ3n) is 4.48. The van der Waals surface area contributed by atoms with Gasteiger partial charge < -0.3 is 15.8 Å². The lowest BCUT2D eigenvalue weighted by atomic mass is 10.1. The van der Waals surface area contributed by atoms with Crippen LogP contribution in [-0.2, 0) is 6.61 Å². The molecule has 0 saturated heterocycles. The standard InChI is InChI=1S/C24H20N4O2/c25-24(29)19-7-4-8-20(13-19)28-23-14-22(26-16-27-23)18-9-11-21(12-10-18)30-15-17-5-2-1-3-6-17/h1-14,16H,15H2,(H2,25,29)(H,26,27,28). The van der Waals surface area contributed by atoms with E-state index in [2.05, 4.69) is 15.3 Å². The largest absolute Gasteiger partial charge is 0.489 e. The van der Waals surface area contributed by atoms with Gasteiger partial charge in [0, 0.05) is 22.9 Å². The summed E-state index contributed by atoms with van der Waals surface area (Å²) in [6.07, 6.45) is 1.50. The second kappa shape index (κ2) is 8.87. The number of carbonyl (C=O) groups is 1. The van der Waals surface area contributed by atoms with E-state index in [4.69, 9.17) is 10.5 Å². The molecule has 1 amide bonds. The van der Waals surface area contributed by atoms with Crippen LogP contribution >= 0.6 is 0 Å². The van der Waals surface area contributed by atoms with E-state index in [9.17, 15) is 4.79 Å². The Bertz CT molecular complexity index is 1150. The summed E-state index contributed by atoms with van der Waals surface area (Å²) in [6.45, 7) is 0.520. The summed E-state index contributed by atoms with van der Waals surface area (Å²) in [5, 5.41) is 3.18. The molecule has 0 aliphatic carbocycles. The zero-order chi connectivity index (χ0) is 20.8. The molecule has 0 aliphatic heterocycles. The Hall–Kier alpha value is -4.19. The first-order chi connectivity index (χ1) is 14.7. The van der Waals surface area contributed by atoms with Crippen molar-refractivity contribution in [3.8, 4) is 17.0 Å². The summed E-state index contributed by atoms with van der Waals surface area (Å²) in [6, 6.07) is 26.6. The number of anilines is 2. The molecule has 1 aromatic heterocycles. The minimum Gasteiger partial charge on any atom is -0.489 e. The van der Waals surface area contributed by atoms with Crippen LogP contribution in [0.3, 0.4) is 0 Å². The number of carbonyl (C=O) groups excluding carboxylic acids is 1. The number of hydrogen-bond donors (Lipinski definition) is 2. The Kier molecular flexibility index (Phi) is 5.66. The number of nitrogens with zero attached hydrogens (tertiary/aromatic N) is 2. The van der Waals surface area contributed by atoms with Crippen molar-refractivity contribution in [3.05, 3.63) is 102 Å². The maximum absolute atomic E-state index is 11.4. The van der Waals surface area contributed by atoms with Crippen molar-refractivity contribution in [3.63, 3.8) is 0 Å². The first kappa shape index (κ1) is 19.1. The van der Waals surface area contributed by atoms with Gasteiger partial charge in [0.1, 0.15) is 24.5 Å². The zero-order valence-corrected chi connectivity index (χ0v) is 16.2. The SMILES string of the molecule is NC(=O)c1cccc(Nc2cc(-c3ccc(OCc4ccccc4)cc3)ncn2)c1. The average Bonchev–Trinajstić information content (AvgIpc) is 2.79. The van der Waals surface area contributed by atoms with Gasteiger partial charge in [-0.15, -0.1) is 0 Å². The smallest absolute Gasteiger partial charge is 0.248 e. The number of nitrogens with one attached hydrogen (secondary N) is 1. The van der Waals surface area contributed by atoms with Crippen molar-refractivity contribution < 1.29 is 9.53 Å². The fourth-order valence-corrected chi connectivity index (χ4v) is 2.94. The summed E-state index contributed by atoms with van der Waals surface area (Å²) >= 11 is 0. The highest BCUT2D eigenvalue weighted by Crippen LogP contribution is 2.24. The highest BCUT2D eigenvalue weighted by molar-refractivity contribution is 5.93. The molecule has 4 rings (SSSR count). The van der Waals surface area contributed by atoms with E-state index in [0.29, 0.717) is 18.0 Å². The van der Waals surface area contributed by atoms with Crippen LogP contribution in [0.25, 0.3) is 11.3 Å². The Morgan fingerprint density at radius 2 is 1.70 bits per heavy atom. The third kappa shape index (κ3) is 4.80. The number of primary amides is 1. The highest BCUT2D eigenvalue weighted by Gasteiger charge is 2.06. The lowest BCUT2D eigenvalue weighted by Gasteiger charge is -2.09. The Morgan fingerprint density at radius 3 is 2.47 bits per heavy atom. The van der Waals surface area contributed by atoms with Gasteiger partial charge in [-0.1, -0.05) is 36.4 Å². The summed E-state index contributed by atoms with van der Waals surface area (Å²) in [5.41, 5.74) is 9.33. The van der Waals surface area contributed by atoms with E-state index >= 15 is 0 Å². The molecule has 3 aromatic carbocycles. The van der Waals surface area contributed by atoms with Crippen molar-refractivity contribution in [2.45, 2.75) is 6.61 Å². The minimum absolute atomic E-state index is 0.431. The van der Waals surface area contributed by atoms with Gasteiger partial charge in [-0.25, -0.2) is 9.97 Å². The van der Waals surface area contributed by atoms with E-state index < -0.39 is 5.91 Å². The number of hydrogen-bond acceptors (Lipinski definition) is 5. The molecule has 30 heavy (non-hydrogen) atoms. The molecule has 6 heteroatoms. The topological polar surface area (TPSA) is 90.1 Å². The van der Waals surface area contributed by atoms with Gasteiger partial charge in [-0.3, -0.25) is 4.79 Å². The second-order valence-corrected chi connectivity index (χ2v) is 6.66. The molecule has 3 N–H and O–H groups in total. The van der Waals surface area contributed by atoms with E-state index in [1.807, 2.05) is 66.7 Å². The lowest BCUT2D eigenvalue weighted by Crippen LogP contribution is -2.10. The van der Waals surface area contributed by atoms with Gasteiger partial charge in [0.2, 0.25) is 5.91 Å². The van der Waals surface area contributed by atoms with Crippen LogP contribution in [0.1, 0.15) is 15.9 Å². The van der Waals surface area contributed by atoms with Crippen LogP contribution in [0.5, 0.6) is 5.75 Å². The fourth-order valence-electron chi connectivity index (χ4n) is 2.94. The third-order valence-corrected chi connectivity index (χ3v) is 4.48. The predicted molar refractivity (Wildman–Crippen MR) is 116 cm³/mol. The second-order valence-electron chi connectivity index (χ2n) is 6.66. The molecule has 6 nitrogen and oxygen atoms in total. The van der Waals surface area contributed by atoms with Crippen molar-refractivity contribution >= 4 is 17.4 Å². The Labute approximate surface area is 174 Å². The number of amides is 1. The first-order valence-electron chi connectivity index (χ1n) is 9.43. The molecule has 1 heterocycles. The maximum Gasteiger partial charge on any atom is 0.248 e. The van der Waals surface area contributed by atoms with Crippen LogP contribution in [0.15, 0.2) is 91.3 Å².